The van der Waals surface area contributed by atoms with E-state index in [-0.39, 0.29) is 0 Å². The fraction of sp³-hybridized carbons (Fsp3) is 0.0385. The quantitative estimate of drug-likeness (QED) is 0.284. The molecule has 0 radical (unpaired) electrons. The predicted molar refractivity (Wildman–Crippen MR) is 134 cm³/mol. The summed E-state index contributed by atoms with van der Waals surface area (Å²) in [6.45, 7) is 0.596. The minimum absolute atomic E-state index is 0.459. The number of hydrogen-bond acceptors (Lipinski definition) is 1. The number of hydrogen-bond donors (Lipinski definition) is 1. The lowest BCUT2D eigenvalue weighted by Crippen LogP contribution is -2.11. The van der Waals surface area contributed by atoms with E-state index >= 15 is 0 Å². The molecular formula is C26H17Cl3N2O. The van der Waals surface area contributed by atoms with Crippen LogP contribution in [0.1, 0.15) is 15.9 Å². The van der Waals surface area contributed by atoms with Gasteiger partial charge < -0.3 is 10.3 Å². The minimum atomic E-state index is -0.459. The van der Waals surface area contributed by atoms with Crippen LogP contribution in [-0.4, -0.2) is 10.5 Å². The number of benzene rings is 4. The van der Waals surface area contributed by atoms with Crippen LogP contribution in [0.25, 0.3) is 32.9 Å². The summed E-state index contributed by atoms with van der Waals surface area (Å²) >= 11 is 19.0. The van der Waals surface area contributed by atoms with E-state index in [2.05, 4.69) is 10.6 Å². The van der Waals surface area contributed by atoms with E-state index in [1.165, 1.54) is 0 Å². The van der Waals surface area contributed by atoms with Gasteiger partial charge in [-0.1, -0.05) is 71.2 Å². The van der Waals surface area contributed by atoms with Crippen LogP contribution in [0.2, 0.25) is 15.1 Å². The first-order valence-electron chi connectivity index (χ1n) is 9.97. The second kappa shape index (κ2) is 8.18. The SMILES string of the molecule is NC(=O)c1cccc2c1c1ccc(-c3c(Cl)cccc3Cl)cc1n2Cc1ccc(Cl)cc1. The van der Waals surface area contributed by atoms with Crippen LogP contribution < -0.4 is 5.73 Å². The third-order valence-corrected chi connectivity index (χ3v) is 6.54. The number of halogens is 3. The molecular weight excluding hydrogens is 463 g/mol. The van der Waals surface area contributed by atoms with Gasteiger partial charge in [-0.2, -0.15) is 0 Å². The van der Waals surface area contributed by atoms with Gasteiger partial charge >= 0.3 is 0 Å². The average molecular weight is 480 g/mol. The number of fused-ring (bicyclic) bond motifs is 3. The highest BCUT2D eigenvalue weighted by Crippen LogP contribution is 2.39. The molecule has 0 saturated carbocycles. The summed E-state index contributed by atoms with van der Waals surface area (Å²) in [7, 11) is 0. The standard InChI is InChI=1S/C26H17Cl3N2O/c27-17-10-7-15(8-11-17)14-31-22-6-1-3-19(26(30)32)25(22)18-12-9-16(13-23(18)31)24-20(28)4-2-5-21(24)29/h1-13H,14H2,(H2,30,32). The predicted octanol–water partition coefficient (Wildman–Crippen LogP) is 7.57. The molecule has 5 rings (SSSR count). The van der Waals surface area contributed by atoms with E-state index in [9.17, 15) is 4.79 Å². The largest absolute Gasteiger partial charge is 0.366 e. The van der Waals surface area contributed by atoms with Crippen LogP contribution in [0.15, 0.2) is 78.9 Å². The molecule has 4 aromatic carbocycles. The molecule has 1 heterocycles. The third kappa shape index (κ3) is 3.53. The van der Waals surface area contributed by atoms with E-state index in [1.54, 1.807) is 6.07 Å². The van der Waals surface area contributed by atoms with Gasteiger partial charge in [-0.3, -0.25) is 4.79 Å². The molecule has 3 nitrogen and oxygen atoms in total. The van der Waals surface area contributed by atoms with Gasteiger partial charge in [-0.15, -0.1) is 0 Å². The van der Waals surface area contributed by atoms with Gasteiger partial charge in [-0.05, 0) is 53.6 Å². The number of primary amides is 1. The molecule has 1 aromatic heterocycles. The molecule has 0 spiro atoms. The van der Waals surface area contributed by atoms with Gasteiger partial charge in [0.2, 0.25) is 5.91 Å². The van der Waals surface area contributed by atoms with Crippen LogP contribution in [0.4, 0.5) is 0 Å². The molecule has 0 atom stereocenters. The number of aromatic nitrogens is 1. The lowest BCUT2D eigenvalue weighted by molar-refractivity contribution is 0.100. The lowest BCUT2D eigenvalue weighted by Gasteiger charge is -2.11. The molecule has 2 N–H and O–H groups in total. The van der Waals surface area contributed by atoms with Crippen molar-refractivity contribution in [3.05, 3.63) is 105 Å². The number of nitrogens with zero attached hydrogens (tertiary/aromatic N) is 1. The Labute approximate surface area is 199 Å². The molecule has 0 aliphatic rings. The summed E-state index contributed by atoms with van der Waals surface area (Å²) in [5.74, 6) is -0.459. The highest BCUT2D eigenvalue weighted by molar-refractivity contribution is 6.39. The number of nitrogens with two attached hydrogens (primary N) is 1. The Morgan fingerprint density at radius 2 is 1.50 bits per heavy atom. The summed E-state index contributed by atoms with van der Waals surface area (Å²) in [6, 6.07) is 24.8. The molecule has 32 heavy (non-hydrogen) atoms. The van der Waals surface area contributed by atoms with Crippen molar-refractivity contribution in [2.75, 3.05) is 0 Å². The van der Waals surface area contributed by atoms with Gasteiger partial charge in [0.25, 0.3) is 0 Å². The van der Waals surface area contributed by atoms with Crippen molar-refractivity contribution in [2.45, 2.75) is 6.54 Å². The maximum atomic E-state index is 12.2. The summed E-state index contributed by atoms with van der Waals surface area (Å²) in [5, 5.41) is 3.61. The van der Waals surface area contributed by atoms with Crippen molar-refractivity contribution in [2.24, 2.45) is 5.73 Å². The van der Waals surface area contributed by atoms with Crippen molar-refractivity contribution in [3.63, 3.8) is 0 Å². The van der Waals surface area contributed by atoms with Gasteiger partial charge in [-0.25, -0.2) is 0 Å². The van der Waals surface area contributed by atoms with E-state index < -0.39 is 5.91 Å². The molecule has 0 bridgehead atoms. The van der Waals surface area contributed by atoms with Crippen LogP contribution in [0.5, 0.6) is 0 Å². The van der Waals surface area contributed by atoms with Gasteiger partial charge in [0.1, 0.15) is 0 Å². The molecule has 158 valence electrons. The Morgan fingerprint density at radius 1 is 0.812 bits per heavy atom. The summed E-state index contributed by atoms with van der Waals surface area (Å²) < 4.78 is 2.18. The van der Waals surface area contributed by atoms with E-state index in [1.807, 2.05) is 66.7 Å². The first-order chi connectivity index (χ1) is 15.4. The molecule has 0 aliphatic carbocycles. The summed E-state index contributed by atoms with van der Waals surface area (Å²) in [4.78, 5) is 12.2. The van der Waals surface area contributed by atoms with Crippen LogP contribution in [0, 0.1) is 0 Å². The fourth-order valence-electron chi connectivity index (χ4n) is 4.22. The maximum absolute atomic E-state index is 12.2. The third-order valence-electron chi connectivity index (χ3n) is 5.66. The van der Waals surface area contributed by atoms with Crippen molar-refractivity contribution in [1.29, 1.82) is 0 Å². The molecule has 1 amide bonds. The normalized spacial score (nSPS) is 11.3. The second-order valence-electron chi connectivity index (χ2n) is 7.61. The van der Waals surface area contributed by atoms with E-state index in [4.69, 9.17) is 40.5 Å². The Bertz CT molecular complexity index is 1480. The molecule has 0 aliphatic heterocycles. The van der Waals surface area contributed by atoms with Gasteiger partial charge in [0, 0.05) is 43.5 Å². The monoisotopic (exact) mass is 478 g/mol. The Balaban J connectivity index is 1.82. The maximum Gasteiger partial charge on any atom is 0.249 e. The van der Waals surface area contributed by atoms with Gasteiger partial charge in [0.15, 0.2) is 0 Å². The first-order valence-corrected chi connectivity index (χ1v) is 11.1. The number of rotatable bonds is 4. The average Bonchev–Trinajstić information content (AvgIpc) is 3.08. The zero-order chi connectivity index (χ0) is 22.4. The summed E-state index contributed by atoms with van der Waals surface area (Å²) in [5.41, 5.74) is 10.8. The lowest BCUT2D eigenvalue weighted by atomic mass is 10.0. The van der Waals surface area contributed by atoms with Gasteiger partial charge in [0.05, 0.1) is 11.0 Å². The Hall–Kier alpha value is -2.98. The van der Waals surface area contributed by atoms with E-state index in [0.29, 0.717) is 27.2 Å². The zero-order valence-electron chi connectivity index (χ0n) is 16.8. The van der Waals surface area contributed by atoms with Crippen LogP contribution in [0.3, 0.4) is 0 Å². The van der Waals surface area contributed by atoms with Crippen molar-refractivity contribution >= 4 is 62.5 Å². The highest BCUT2D eigenvalue weighted by Gasteiger charge is 2.18. The van der Waals surface area contributed by atoms with Crippen molar-refractivity contribution in [1.82, 2.24) is 4.57 Å². The molecule has 5 aromatic rings. The van der Waals surface area contributed by atoms with Crippen LogP contribution in [-0.2, 0) is 6.54 Å². The molecule has 6 heteroatoms. The number of carbonyl (C=O) groups excluding carboxylic acids is 1. The Kier molecular flexibility index (Phi) is 5.34. The fourth-order valence-corrected chi connectivity index (χ4v) is 4.96. The van der Waals surface area contributed by atoms with Crippen molar-refractivity contribution in [3.8, 4) is 11.1 Å². The topological polar surface area (TPSA) is 48.0 Å². The number of amides is 1. The smallest absolute Gasteiger partial charge is 0.249 e. The van der Waals surface area contributed by atoms with Crippen molar-refractivity contribution < 1.29 is 4.79 Å². The molecule has 0 saturated heterocycles. The molecule has 0 unspecified atom stereocenters. The Morgan fingerprint density at radius 3 is 2.19 bits per heavy atom. The molecule has 0 fully saturated rings. The second-order valence-corrected chi connectivity index (χ2v) is 8.86. The van der Waals surface area contributed by atoms with E-state index in [0.717, 1.165) is 38.5 Å². The summed E-state index contributed by atoms with van der Waals surface area (Å²) in [6.07, 6.45) is 0. The van der Waals surface area contributed by atoms with Crippen LogP contribution >= 0.6 is 34.8 Å². The first kappa shape index (κ1) is 20.9. The highest BCUT2D eigenvalue weighted by atomic mass is 35.5. The minimum Gasteiger partial charge on any atom is -0.366 e. The number of carbonyl (C=O) groups is 1. The zero-order valence-corrected chi connectivity index (χ0v) is 19.0.